The van der Waals surface area contributed by atoms with Crippen LogP contribution in [0.4, 0.5) is 4.39 Å². The van der Waals surface area contributed by atoms with Crippen LogP contribution in [0.15, 0.2) is 30.4 Å². The first-order valence-electron chi connectivity index (χ1n) is 6.10. The van der Waals surface area contributed by atoms with E-state index in [9.17, 15) is 14.0 Å². The number of hydrogen-bond donors (Lipinski definition) is 2. The Morgan fingerprint density at radius 2 is 2.10 bits per heavy atom. The number of aliphatic carboxylic acids is 1. The van der Waals surface area contributed by atoms with Crippen molar-refractivity contribution in [3.8, 4) is 0 Å². The molecule has 1 aromatic carbocycles. The molecular formula is C15H16FNO3. The Hall–Kier alpha value is -2.43. The molecule has 0 unspecified atom stereocenters. The highest BCUT2D eigenvalue weighted by Crippen LogP contribution is 2.13. The monoisotopic (exact) mass is 277 g/mol. The van der Waals surface area contributed by atoms with Crippen LogP contribution in [-0.2, 0) is 9.59 Å². The van der Waals surface area contributed by atoms with Gasteiger partial charge in [-0.3, -0.25) is 4.79 Å². The average molecular weight is 277 g/mol. The first kappa shape index (κ1) is 15.6. The van der Waals surface area contributed by atoms with Gasteiger partial charge in [0.05, 0.1) is 0 Å². The number of rotatable bonds is 6. The molecule has 0 aliphatic carbocycles. The molecule has 0 aliphatic rings. The highest BCUT2D eigenvalue weighted by Gasteiger charge is 1.99. The lowest BCUT2D eigenvalue weighted by Crippen LogP contribution is -2.20. The summed E-state index contributed by atoms with van der Waals surface area (Å²) < 4.78 is 13.4. The molecule has 0 fully saturated rings. The molecule has 0 atom stereocenters. The van der Waals surface area contributed by atoms with Crippen LogP contribution in [0.3, 0.4) is 0 Å². The number of carboxylic acids is 1. The predicted molar refractivity (Wildman–Crippen MR) is 75.4 cm³/mol. The Morgan fingerprint density at radius 1 is 1.35 bits per heavy atom. The number of carbonyl (C=O) groups excluding carboxylic acids is 1. The maximum Gasteiger partial charge on any atom is 0.328 e. The highest BCUT2D eigenvalue weighted by molar-refractivity contribution is 5.85. The summed E-state index contributed by atoms with van der Waals surface area (Å²) in [6.07, 6.45) is 6.42. The second-order valence-electron chi connectivity index (χ2n) is 4.13. The minimum Gasteiger partial charge on any atom is -0.478 e. The van der Waals surface area contributed by atoms with Gasteiger partial charge in [0, 0.05) is 25.1 Å². The lowest BCUT2D eigenvalue weighted by molar-refractivity contribution is -0.131. The summed E-state index contributed by atoms with van der Waals surface area (Å²) in [5.74, 6) is -1.68. The third-order valence-electron chi connectivity index (χ3n) is 2.42. The van der Waals surface area contributed by atoms with Crippen LogP contribution in [0, 0.1) is 5.82 Å². The van der Waals surface area contributed by atoms with Crippen LogP contribution in [0.25, 0.3) is 12.2 Å². The second kappa shape index (κ2) is 7.89. The van der Waals surface area contributed by atoms with E-state index in [0.717, 1.165) is 11.6 Å². The van der Waals surface area contributed by atoms with Crippen LogP contribution in [0.5, 0.6) is 0 Å². The molecule has 2 N–H and O–H groups in total. The summed E-state index contributed by atoms with van der Waals surface area (Å²) in [7, 11) is 0. The summed E-state index contributed by atoms with van der Waals surface area (Å²) in [6.45, 7) is 1.99. The summed E-state index contributed by atoms with van der Waals surface area (Å²) in [5.41, 5.74) is 0.982. The number of carbonyl (C=O) groups is 2. The van der Waals surface area contributed by atoms with Crippen molar-refractivity contribution in [1.82, 2.24) is 5.32 Å². The van der Waals surface area contributed by atoms with Gasteiger partial charge in [-0.2, -0.15) is 0 Å². The standard InChI is InChI=1S/C15H16FNO3/c1-11(18)17-9-3-2-4-12-5-7-14(16)13(10-12)6-8-15(19)20/h2,4-8,10H,3,9H2,1H3,(H,17,18)(H,19,20)/b4-2?,8-6+. The quantitative estimate of drug-likeness (QED) is 0.620. The molecule has 1 aromatic rings. The van der Waals surface area contributed by atoms with Gasteiger partial charge >= 0.3 is 5.97 Å². The van der Waals surface area contributed by atoms with Gasteiger partial charge in [0.15, 0.2) is 0 Å². The average Bonchev–Trinajstić information content (AvgIpc) is 2.38. The molecule has 1 amide bonds. The molecule has 0 aliphatic heterocycles. The fraction of sp³-hybridized carbons (Fsp3) is 0.200. The first-order chi connectivity index (χ1) is 9.49. The van der Waals surface area contributed by atoms with Crippen molar-refractivity contribution < 1.29 is 19.1 Å². The summed E-state index contributed by atoms with van der Waals surface area (Å²) in [6, 6.07) is 4.45. The zero-order chi connectivity index (χ0) is 15.0. The van der Waals surface area contributed by atoms with Crippen molar-refractivity contribution in [1.29, 1.82) is 0 Å². The zero-order valence-corrected chi connectivity index (χ0v) is 11.1. The molecule has 5 heteroatoms. The van der Waals surface area contributed by atoms with Gasteiger partial charge in [0.2, 0.25) is 5.91 Å². The van der Waals surface area contributed by atoms with E-state index >= 15 is 0 Å². The van der Waals surface area contributed by atoms with Crippen LogP contribution in [0.2, 0.25) is 0 Å². The lowest BCUT2D eigenvalue weighted by Gasteiger charge is -2.00. The molecule has 4 nitrogen and oxygen atoms in total. The van der Waals surface area contributed by atoms with Crippen molar-refractivity contribution in [2.75, 3.05) is 6.54 Å². The van der Waals surface area contributed by atoms with Gasteiger partial charge in [-0.1, -0.05) is 18.2 Å². The molecule has 0 aromatic heterocycles. The fourth-order valence-electron chi connectivity index (χ4n) is 1.51. The molecular weight excluding hydrogens is 261 g/mol. The number of halogens is 1. The Kier molecular flexibility index (Phi) is 6.16. The van der Waals surface area contributed by atoms with E-state index in [0.29, 0.717) is 13.0 Å². The number of carboxylic acid groups (broad SMARTS) is 1. The molecule has 1 rings (SSSR count). The van der Waals surface area contributed by atoms with Crippen molar-refractivity contribution in [3.05, 3.63) is 47.3 Å². The molecule has 0 spiro atoms. The van der Waals surface area contributed by atoms with Crippen LogP contribution in [0.1, 0.15) is 24.5 Å². The molecule has 106 valence electrons. The van der Waals surface area contributed by atoms with E-state index in [2.05, 4.69) is 5.32 Å². The molecule has 0 saturated heterocycles. The second-order valence-corrected chi connectivity index (χ2v) is 4.13. The van der Waals surface area contributed by atoms with Gasteiger partial charge in [0.1, 0.15) is 5.82 Å². The zero-order valence-electron chi connectivity index (χ0n) is 11.1. The highest BCUT2D eigenvalue weighted by atomic mass is 19.1. The topological polar surface area (TPSA) is 66.4 Å². The van der Waals surface area contributed by atoms with E-state index in [1.165, 1.54) is 19.1 Å². The molecule has 0 saturated carbocycles. The number of benzene rings is 1. The Labute approximate surface area is 116 Å². The number of nitrogens with one attached hydrogen (secondary N) is 1. The van der Waals surface area contributed by atoms with E-state index in [1.54, 1.807) is 18.2 Å². The van der Waals surface area contributed by atoms with Gasteiger partial charge < -0.3 is 10.4 Å². The van der Waals surface area contributed by atoms with Gasteiger partial charge in [0.25, 0.3) is 0 Å². The minimum atomic E-state index is -1.12. The van der Waals surface area contributed by atoms with Crippen molar-refractivity contribution >= 4 is 24.0 Å². The summed E-state index contributed by atoms with van der Waals surface area (Å²) >= 11 is 0. The molecule has 0 heterocycles. The molecule has 20 heavy (non-hydrogen) atoms. The maximum absolute atomic E-state index is 13.4. The van der Waals surface area contributed by atoms with Crippen molar-refractivity contribution in [2.45, 2.75) is 13.3 Å². The summed E-state index contributed by atoms with van der Waals surface area (Å²) in [5, 5.41) is 11.2. The van der Waals surface area contributed by atoms with Crippen LogP contribution >= 0.6 is 0 Å². The SMILES string of the molecule is CC(=O)NCCC=Cc1ccc(F)c(/C=C/C(=O)O)c1. The van der Waals surface area contributed by atoms with Gasteiger partial charge in [-0.15, -0.1) is 0 Å². The smallest absolute Gasteiger partial charge is 0.328 e. The predicted octanol–water partition coefficient (Wildman–Crippen LogP) is 2.46. The van der Waals surface area contributed by atoms with Crippen LogP contribution in [-0.4, -0.2) is 23.5 Å². The summed E-state index contributed by atoms with van der Waals surface area (Å²) in [4.78, 5) is 21.1. The third kappa shape index (κ3) is 5.95. The van der Waals surface area contributed by atoms with E-state index < -0.39 is 11.8 Å². The van der Waals surface area contributed by atoms with E-state index in [-0.39, 0.29) is 11.5 Å². The van der Waals surface area contributed by atoms with Crippen molar-refractivity contribution in [3.63, 3.8) is 0 Å². The Bertz CT molecular complexity index is 550. The third-order valence-corrected chi connectivity index (χ3v) is 2.42. The van der Waals surface area contributed by atoms with Crippen molar-refractivity contribution in [2.24, 2.45) is 0 Å². The van der Waals surface area contributed by atoms with Gasteiger partial charge in [-0.05, 0) is 30.2 Å². The van der Waals surface area contributed by atoms with Gasteiger partial charge in [-0.25, -0.2) is 9.18 Å². The lowest BCUT2D eigenvalue weighted by atomic mass is 10.1. The number of hydrogen-bond acceptors (Lipinski definition) is 2. The molecule has 0 radical (unpaired) electrons. The fourth-order valence-corrected chi connectivity index (χ4v) is 1.51. The van der Waals surface area contributed by atoms with E-state index in [4.69, 9.17) is 5.11 Å². The maximum atomic E-state index is 13.4. The van der Waals surface area contributed by atoms with Crippen LogP contribution < -0.4 is 5.32 Å². The number of amides is 1. The van der Waals surface area contributed by atoms with E-state index in [1.807, 2.05) is 6.08 Å². The normalized spacial score (nSPS) is 11.1. The Morgan fingerprint density at radius 3 is 2.75 bits per heavy atom. The molecule has 0 bridgehead atoms. The minimum absolute atomic E-state index is 0.0822. The Balaban J connectivity index is 2.67. The first-order valence-corrected chi connectivity index (χ1v) is 6.10. The largest absolute Gasteiger partial charge is 0.478 e.